The molecule has 0 atom stereocenters. The molecule has 0 saturated carbocycles. The highest BCUT2D eigenvalue weighted by Gasteiger charge is 2.37. The fraction of sp³-hybridized carbons (Fsp3) is 0.467. The molecular weight excluding hydrogens is 277 g/mol. The van der Waals surface area contributed by atoms with Crippen LogP contribution in [0.1, 0.15) is 30.6 Å². The average molecular weight is 295 g/mol. The number of hydrogen-bond donors (Lipinski definition) is 0. The molecule has 1 aromatic carbocycles. The van der Waals surface area contributed by atoms with Gasteiger partial charge in [0.2, 0.25) is 0 Å². The van der Waals surface area contributed by atoms with Gasteiger partial charge >= 0.3 is 0 Å². The molecule has 5 nitrogen and oxygen atoms in total. The number of benzene rings is 1. The van der Waals surface area contributed by atoms with Crippen molar-refractivity contribution in [3.05, 3.63) is 29.6 Å². The molecule has 6 heteroatoms. The van der Waals surface area contributed by atoms with Gasteiger partial charge < -0.3 is 14.4 Å². The molecule has 1 aliphatic heterocycles. The highest BCUT2D eigenvalue weighted by molar-refractivity contribution is 6.52. The molecule has 0 bridgehead atoms. The summed E-state index contributed by atoms with van der Waals surface area (Å²) in [6.07, 6.45) is -0.104. The van der Waals surface area contributed by atoms with Crippen LogP contribution in [0.3, 0.4) is 0 Å². The first-order valence-electron chi connectivity index (χ1n) is 6.98. The lowest BCUT2D eigenvalue weighted by Gasteiger charge is -2.21. The van der Waals surface area contributed by atoms with E-state index in [1.54, 1.807) is 0 Å². The quantitative estimate of drug-likeness (QED) is 0.571. The van der Waals surface area contributed by atoms with Crippen LogP contribution in [0.25, 0.3) is 0 Å². The van der Waals surface area contributed by atoms with Gasteiger partial charge in [0, 0.05) is 26.2 Å². The summed E-state index contributed by atoms with van der Waals surface area (Å²) in [6, 6.07) is 4.12. The van der Waals surface area contributed by atoms with E-state index in [2.05, 4.69) is 0 Å². The van der Waals surface area contributed by atoms with Crippen LogP contribution in [0, 0.1) is 5.82 Å². The van der Waals surface area contributed by atoms with Gasteiger partial charge in [-0.3, -0.25) is 9.59 Å². The van der Waals surface area contributed by atoms with Gasteiger partial charge in [0.05, 0.1) is 11.3 Å². The molecule has 2 rings (SSSR count). The SMILES string of the molecule is CCOC(CCN1C(=O)C(=O)c2cccc(F)c21)OCC. The molecule has 1 aromatic rings. The number of carbonyl (C=O) groups is 2. The van der Waals surface area contributed by atoms with E-state index in [-0.39, 0.29) is 17.8 Å². The fourth-order valence-electron chi connectivity index (χ4n) is 2.35. The zero-order valence-corrected chi connectivity index (χ0v) is 12.1. The Hall–Kier alpha value is -1.79. The van der Waals surface area contributed by atoms with E-state index in [9.17, 15) is 14.0 Å². The van der Waals surface area contributed by atoms with Crippen molar-refractivity contribution < 1.29 is 23.5 Å². The van der Waals surface area contributed by atoms with Crippen LogP contribution in [-0.4, -0.2) is 37.7 Å². The third-order valence-electron chi connectivity index (χ3n) is 3.23. The second kappa shape index (κ2) is 6.78. The van der Waals surface area contributed by atoms with Gasteiger partial charge in [-0.1, -0.05) is 6.07 Å². The number of hydrogen-bond acceptors (Lipinski definition) is 4. The van der Waals surface area contributed by atoms with Gasteiger partial charge in [-0.05, 0) is 26.0 Å². The number of anilines is 1. The first-order valence-corrected chi connectivity index (χ1v) is 6.98. The second-order valence-corrected chi connectivity index (χ2v) is 4.55. The van der Waals surface area contributed by atoms with Crippen molar-refractivity contribution in [1.82, 2.24) is 0 Å². The zero-order valence-electron chi connectivity index (χ0n) is 12.1. The Bertz CT molecular complexity index is 540. The van der Waals surface area contributed by atoms with Crippen molar-refractivity contribution in [1.29, 1.82) is 0 Å². The molecular formula is C15H18FNO4. The number of rotatable bonds is 7. The molecule has 0 saturated heterocycles. The van der Waals surface area contributed by atoms with Crippen LogP contribution in [0.2, 0.25) is 0 Å². The summed E-state index contributed by atoms with van der Waals surface area (Å²) < 4.78 is 24.7. The Morgan fingerprint density at radius 2 is 1.86 bits per heavy atom. The molecule has 114 valence electrons. The summed E-state index contributed by atoms with van der Waals surface area (Å²) in [6.45, 7) is 4.80. The third-order valence-corrected chi connectivity index (χ3v) is 3.23. The average Bonchev–Trinajstić information content (AvgIpc) is 2.71. The minimum atomic E-state index is -0.707. The maximum atomic E-state index is 13.9. The van der Waals surface area contributed by atoms with Gasteiger partial charge in [0.25, 0.3) is 11.7 Å². The highest BCUT2D eigenvalue weighted by atomic mass is 19.1. The topological polar surface area (TPSA) is 55.8 Å². The summed E-state index contributed by atoms with van der Waals surface area (Å²) in [5, 5.41) is 0. The Morgan fingerprint density at radius 3 is 2.48 bits per heavy atom. The number of nitrogens with zero attached hydrogens (tertiary/aromatic N) is 1. The number of amides is 1. The molecule has 1 amide bonds. The minimum absolute atomic E-state index is 0.0549. The Kier molecular flexibility index (Phi) is 5.03. The fourth-order valence-corrected chi connectivity index (χ4v) is 2.35. The van der Waals surface area contributed by atoms with Gasteiger partial charge in [0.15, 0.2) is 6.29 Å². The first-order chi connectivity index (χ1) is 10.1. The standard InChI is InChI=1S/C15H18FNO4/c1-3-20-12(21-4-2)8-9-17-13-10(14(18)15(17)19)6-5-7-11(13)16/h5-7,12H,3-4,8-9H2,1-2H3. The summed E-state index contributed by atoms with van der Waals surface area (Å²) in [5.41, 5.74) is 0.170. The van der Waals surface area contributed by atoms with Crippen LogP contribution in [-0.2, 0) is 14.3 Å². The van der Waals surface area contributed by atoms with Crippen molar-refractivity contribution in [3.63, 3.8) is 0 Å². The predicted octanol–water partition coefficient (Wildman–Crippen LogP) is 2.14. The van der Waals surface area contributed by atoms with Gasteiger partial charge in [0.1, 0.15) is 5.82 Å². The lowest BCUT2D eigenvalue weighted by atomic mass is 10.1. The summed E-state index contributed by atoms with van der Waals surface area (Å²) >= 11 is 0. The number of ether oxygens (including phenoxy) is 2. The van der Waals surface area contributed by atoms with E-state index in [4.69, 9.17) is 9.47 Å². The number of para-hydroxylation sites is 1. The van der Waals surface area contributed by atoms with Crippen LogP contribution < -0.4 is 4.90 Å². The monoisotopic (exact) mass is 295 g/mol. The molecule has 0 fully saturated rings. The molecule has 0 spiro atoms. The van der Waals surface area contributed by atoms with Crippen LogP contribution in [0.5, 0.6) is 0 Å². The van der Waals surface area contributed by atoms with Crippen molar-refractivity contribution in [2.75, 3.05) is 24.7 Å². The number of Topliss-reactive ketones (excluding diaryl/α,β-unsaturated/α-hetero) is 1. The van der Waals surface area contributed by atoms with Crippen molar-refractivity contribution in [2.45, 2.75) is 26.6 Å². The van der Waals surface area contributed by atoms with E-state index in [1.165, 1.54) is 18.2 Å². The second-order valence-electron chi connectivity index (χ2n) is 4.55. The predicted molar refractivity (Wildman–Crippen MR) is 74.7 cm³/mol. The minimum Gasteiger partial charge on any atom is -0.353 e. The summed E-state index contributed by atoms with van der Waals surface area (Å²) in [5.74, 6) is -1.95. The van der Waals surface area contributed by atoms with Crippen molar-refractivity contribution in [2.24, 2.45) is 0 Å². The van der Waals surface area contributed by atoms with E-state index in [0.29, 0.717) is 19.6 Å². The van der Waals surface area contributed by atoms with Crippen LogP contribution >= 0.6 is 0 Å². The normalized spacial score (nSPS) is 14.2. The zero-order chi connectivity index (χ0) is 15.4. The molecule has 1 aliphatic rings. The lowest BCUT2D eigenvalue weighted by molar-refractivity contribution is -0.138. The van der Waals surface area contributed by atoms with Crippen LogP contribution in [0.15, 0.2) is 18.2 Å². The van der Waals surface area contributed by atoms with Crippen LogP contribution in [0.4, 0.5) is 10.1 Å². The van der Waals surface area contributed by atoms with E-state index in [1.807, 2.05) is 13.8 Å². The van der Waals surface area contributed by atoms with Gasteiger partial charge in [-0.15, -0.1) is 0 Å². The Balaban J connectivity index is 2.14. The Morgan fingerprint density at radius 1 is 1.19 bits per heavy atom. The number of halogens is 1. The largest absolute Gasteiger partial charge is 0.353 e. The molecule has 0 radical (unpaired) electrons. The van der Waals surface area contributed by atoms with E-state index in [0.717, 1.165) is 4.90 Å². The summed E-state index contributed by atoms with van der Waals surface area (Å²) in [4.78, 5) is 25.0. The maximum Gasteiger partial charge on any atom is 0.299 e. The van der Waals surface area contributed by atoms with Crippen molar-refractivity contribution >= 4 is 17.4 Å². The molecule has 0 N–H and O–H groups in total. The molecule has 0 aromatic heterocycles. The third kappa shape index (κ3) is 3.11. The molecule has 0 unspecified atom stereocenters. The molecule has 1 heterocycles. The number of fused-ring (bicyclic) bond motifs is 1. The van der Waals surface area contributed by atoms with Gasteiger partial charge in [-0.2, -0.15) is 0 Å². The highest BCUT2D eigenvalue weighted by Crippen LogP contribution is 2.31. The van der Waals surface area contributed by atoms with Gasteiger partial charge in [-0.25, -0.2) is 4.39 Å². The van der Waals surface area contributed by atoms with E-state index >= 15 is 0 Å². The lowest BCUT2D eigenvalue weighted by Crippen LogP contribution is -2.34. The number of ketones is 1. The molecule has 0 aliphatic carbocycles. The smallest absolute Gasteiger partial charge is 0.299 e. The first kappa shape index (κ1) is 15.6. The molecule has 21 heavy (non-hydrogen) atoms. The summed E-state index contributed by atoms with van der Waals surface area (Å²) in [7, 11) is 0. The van der Waals surface area contributed by atoms with E-state index < -0.39 is 23.8 Å². The maximum absolute atomic E-state index is 13.9. The number of carbonyl (C=O) groups excluding carboxylic acids is 2. The Labute approximate surface area is 122 Å². The van der Waals surface area contributed by atoms with Crippen molar-refractivity contribution in [3.8, 4) is 0 Å².